The first-order valence-corrected chi connectivity index (χ1v) is 10.7. The van der Waals surface area contributed by atoms with Crippen molar-refractivity contribution in [3.8, 4) is 22.8 Å². The molecule has 0 amide bonds. The topological polar surface area (TPSA) is 79.1 Å². The molecule has 1 atom stereocenters. The van der Waals surface area contributed by atoms with E-state index < -0.39 is 12.5 Å². The summed E-state index contributed by atoms with van der Waals surface area (Å²) in [6.07, 6.45) is -3.64. The summed E-state index contributed by atoms with van der Waals surface area (Å²) < 4.78 is 47.8. The van der Waals surface area contributed by atoms with Crippen molar-refractivity contribution in [2.45, 2.75) is 32.7 Å². The van der Waals surface area contributed by atoms with E-state index in [1.165, 1.54) is 35.3 Å². The zero-order valence-electron chi connectivity index (χ0n) is 18.9. The van der Waals surface area contributed by atoms with E-state index in [1.54, 1.807) is 31.2 Å². The quantitative estimate of drug-likeness (QED) is 0.329. The highest BCUT2D eigenvalue weighted by Gasteiger charge is 2.31. The summed E-state index contributed by atoms with van der Waals surface area (Å²) in [6.45, 7) is 3.66. The van der Waals surface area contributed by atoms with Gasteiger partial charge in [0, 0.05) is 11.3 Å². The highest BCUT2D eigenvalue weighted by molar-refractivity contribution is 5.73. The maximum absolute atomic E-state index is 12.3. The number of carbonyl (C=O) groups excluding carboxylic acids is 1. The second kappa shape index (κ2) is 9.96. The van der Waals surface area contributed by atoms with Crippen LogP contribution in [0, 0.1) is 6.92 Å². The molecular weight excluding hydrogens is 461 g/mol. The molecule has 2 aromatic heterocycles. The normalized spacial score (nSPS) is 12.3. The van der Waals surface area contributed by atoms with Gasteiger partial charge in [-0.05, 0) is 55.8 Å². The molecule has 0 saturated heterocycles. The second-order valence-electron chi connectivity index (χ2n) is 7.76. The van der Waals surface area contributed by atoms with Gasteiger partial charge in [-0.2, -0.15) is 0 Å². The number of alkyl halides is 3. The van der Waals surface area contributed by atoms with E-state index in [4.69, 9.17) is 4.74 Å². The third-order valence-corrected chi connectivity index (χ3v) is 5.02. The SMILES string of the molecule is Cc1cccc(C(C)OC(=O)Cc2ccc(-c3ncn(-c4ccc(OC(F)(F)F)cc4)n3)cc2)n1. The molecular formula is C25H21F3N4O3. The monoisotopic (exact) mass is 482 g/mol. The van der Waals surface area contributed by atoms with Crippen LogP contribution in [-0.4, -0.2) is 32.1 Å². The van der Waals surface area contributed by atoms with Crippen LogP contribution in [0.1, 0.15) is 30.0 Å². The number of ether oxygens (including phenoxy) is 2. The lowest BCUT2D eigenvalue weighted by Crippen LogP contribution is -2.17. The maximum Gasteiger partial charge on any atom is 0.573 e. The molecule has 4 aromatic rings. The molecule has 35 heavy (non-hydrogen) atoms. The van der Waals surface area contributed by atoms with Crippen molar-refractivity contribution in [1.82, 2.24) is 19.7 Å². The van der Waals surface area contributed by atoms with Gasteiger partial charge in [0.05, 0.1) is 17.8 Å². The number of aromatic nitrogens is 4. The van der Waals surface area contributed by atoms with Crippen LogP contribution >= 0.6 is 0 Å². The van der Waals surface area contributed by atoms with E-state index >= 15 is 0 Å². The minimum absolute atomic E-state index is 0.102. The molecule has 0 spiro atoms. The van der Waals surface area contributed by atoms with Crippen molar-refractivity contribution in [1.29, 1.82) is 0 Å². The van der Waals surface area contributed by atoms with Crippen LogP contribution in [0.3, 0.4) is 0 Å². The Bertz CT molecular complexity index is 1300. The number of benzene rings is 2. The Morgan fingerprint density at radius 3 is 2.40 bits per heavy atom. The van der Waals surface area contributed by atoms with Crippen molar-refractivity contribution < 1.29 is 27.4 Å². The number of nitrogens with zero attached hydrogens (tertiary/aromatic N) is 4. The third-order valence-electron chi connectivity index (χ3n) is 5.02. The van der Waals surface area contributed by atoms with Crippen LogP contribution in [0.2, 0.25) is 0 Å². The average molecular weight is 482 g/mol. The largest absolute Gasteiger partial charge is 0.573 e. The highest BCUT2D eigenvalue weighted by atomic mass is 19.4. The predicted octanol–water partition coefficient (Wildman–Crippen LogP) is 5.38. The third kappa shape index (κ3) is 6.44. The molecule has 0 fully saturated rings. The number of hydrogen-bond donors (Lipinski definition) is 0. The summed E-state index contributed by atoms with van der Waals surface area (Å²) in [6, 6.07) is 18.0. The first-order valence-electron chi connectivity index (χ1n) is 10.7. The van der Waals surface area contributed by atoms with Crippen molar-refractivity contribution in [2.75, 3.05) is 0 Å². The number of halogens is 3. The lowest BCUT2D eigenvalue weighted by atomic mass is 10.1. The first-order chi connectivity index (χ1) is 16.7. The van der Waals surface area contributed by atoms with Crippen molar-refractivity contribution in [2.24, 2.45) is 0 Å². The van der Waals surface area contributed by atoms with E-state index in [-0.39, 0.29) is 18.1 Å². The molecule has 2 aromatic carbocycles. The van der Waals surface area contributed by atoms with Crippen LogP contribution in [0.25, 0.3) is 17.1 Å². The summed E-state index contributed by atoms with van der Waals surface area (Å²) >= 11 is 0. The Morgan fingerprint density at radius 1 is 1.03 bits per heavy atom. The molecule has 0 bridgehead atoms. The first kappa shape index (κ1) is 23.9. The summed E-state index contributed by atoms with van der Waals surface area (Å²) in [5.74, 6) is -0.261. The molecule has 1 unspecified atom stereocenters. The predicted molar refractivity (Wildman–Crippen MR) is 121 cm³/mol. The number of carbonyl (C=O) groups is 1. The van der Waals surface area contributed by atoms with Gasteiger partial charge >= 0.3 is 12.3 Å². The fourth-order valence-corrected chi connectivity index (χ4v) is 3.35. The van der Waals surface area contributed by atoms with Gasteiger partial charge < -0.3 is 9.47 Å². The fourth-order valence-electron chi connectivity index (χ4n) is 3.35. The van der Waals surface area contributed by atoms with Gasteiger partial charge in [0.25, 0.3) is 0 Å². The molecule has 2 heterocycles. The Balaban J connectivity index is 1.37. The van der Waals surface area contributed by atoms with Crippen molar-refractivity contribution in [3.05, 3.63) is 90.0 Å². The zero-order valence-corrected chi connectivity index (χ0v) is 18.9. The molecule has 0 aliphatic rings. The number of esters is 1. The Kier molecular flexibility index (Phi) is 6.81. The molecule has 4 rings (SSSR count). The molecule has 0 aliphatic heterocycles. The van der Waals surface area contributed by atoms with E-state index in [0.717, 1.165) is 16.8 Å². The zero-order chi connectivity index (χ0) is 25.0. The van der Waals surface area contributed by atoms with Gasteiger partial charge in [-0.25, -0.2) is 9.67 Å². The minimum Gasteiger partial charge on any atom is -0.456 e. The highest BCUT2D eigenvalue weighted by Crippen LogP contribution is 2.24. The lowest BCUT2D eigenvalue weighted by Gasteiger charge is -2.13. The lowest BCUT2D eigenvalue weighted by molar-refractivity contribution is -0.274. The van der Waals surface area contributed by atoms with Gasteiger partial charge in [-0.15, -0.1) is 18.3 Å². The molecule has 180 valence electrons. The summed E-state index contributed by atoms with van der Waals surface area (Å²) in [4.78, 5) is 21.0. The molecule has 0 radical (unpaired) electrons. The second-order valence-corrected chi connectivity index (χ2v) is 7.76. The van der Waals surface area contributed by atoms with Gasteiger partial charge in [-0.1, -0.05) is 30.3 Å². The maximum atomic E-state index is 12.3. The van der Waals surface area contributed by atoms with Crippen LogP contribution in [0.4, 0.5) is 13.2 Å². The van der Waals surface area contributed by atoms with Gasteiger partial charge in [-0.3, -0.25) is 9.78 Å². The fraction of sp³-hybridized carbons (Fsp3) is 0.200. The van der Waals surface area contributed by atoms with E-state index in [0.29, 0.717) is 17.2 Å². The summed E-state index contributed by atoms with van der Waals surface area (Å²) in [5, 5.41) is 4.37. The van der Waals surface area contributed by atoms with Crippen LogP contribution in [-0.2, 0) is 16.0 Å². The van der Waals surface area contributed by atoms with Crippen LogP contribution in [0.15, 0.2) is 73.1 Å². The number of pyridine rings is 1. The molecule has 0 N–H and O–H groups in total. The van der Waals surface area contributed by atoms with Crippen molar-refractivity contribution in [3.63, 3.8) is 0 Å². The van der Waals surface area contributed by atoms with E-state index in [9.17, 15) is 18.0 Å². The summed E-state index contributed by atoms with van der Waals surface area (Å²) in [7, 11) is 0. The summed E-state index contributed by atoms with van der Waals surface area (Å²) in [5.41, 5.74) is 3.55. The van der Waals surface area contributed by atoms with Gasteiger partial charge in [0.1, 0.15) is 18.2 Å². The smallest absolute Gasteiger partial charge is 0.456 e. The van der Waals surface area contributed by atoms with Crippen LogP contribution in [0.5, 0.6) is 5.75 Å². The van der Waals surface area contributed by atoms with Gasteiger partial charge in [0.15, 0.2) is 5.82 Å². The van der Waals surface area contributed by atoms with Gasteiger partial charge in [0.2, 0.25) is 0 Å². The van der Waals surface area contributed by atoms with Crippen molar-refractivity contribution >= 4 is 5.97 Å². The molecule has 7 nitrogen and oxygen atoms in total. The molecule has 10 heteroatoms. The van der Waals surface area contributed by atoms with E-state index in [2.05, 4.69) is 19.8 Å². The van der Waals surface area contributed by atoms with Crippen LogP contribution < -0.4 is 4.74 Å². The average Bonchev–Trinajstić information content (AvgIpc) is 3.29. The number of aryl methyl sites for hydroxylation is 1. The number of rotatable bonds is 7. The minimum atomic E-state index is -4.75. The standard InChI is InChI=1S/C25H21F3N4O3/c1-16-4-3-5-22(30-16)17(2)34-23(33)14-18-6-8-19(9-7-18)24-29-15-32(31-24)20-10-12-21(13-11-20)35-25(26,27)28/h3-13,15,17H,14H2,1-2H3. The Morgan fingerprint density at radius 2 is 1.74 bits per heavy atom. The molecule has 0 aliphatic carbocycles. The molecule has 0 saturated carbocycles. The Hall–Kier alpha value is -4.21. The van der Waals surface area contributed by atoms with E-state index in [1.807, 2.05) is 25.1 Å². The Labute approximate surface area is 199 Å². The number of hydrogen-bond acceptors (Lipinski definition) is 6.